The van der Waals surface area contributed by atoms with Crippen molar-refractivity contribution in [2.24, 2.45) is 0 Å². The molecule has 2 heterocycles. The molecule has 0 spiro atoms. The fourth-order valence-electron chi connectivity index (χ4n) is 1.65. The number of nitrogens with zero attached hydrogens (tertiary/aromatic N) is 4. The normalized spacial score (nSPS) is 12.2. The van der Waals surface area contributed by atoms with E-state index in [0.717, 1.165) is 30.1 Å². The van der Waals surface area contributed by atoms with Crippen molar-refractivity contribution in [2.75, 3.05) is 6.54 Å². The van der Waals surface area contributed by atoms with Gasteiger partial charge in [0, 0.05) is 30.3 Å². The molecule has 0 amide bonds. The van der Waals surface area contributed by atoms with Crippen LogP contribution in [-0.4, -0.2) is 31.7 Å². The van der Waals surface area contributed by atoms with Crippen molar-refractivity contribution >= 4 is 5.65 Å². The van der Waals surface area contributed by atoms with E-state index in [2.05, 4.69) is 41.3 Å². The van der Waals surface area contributed by atoms with Crippen LogP contribution >= 0.6 is 0 Å². The van der Waals surface area contributed by atoms with Crippen molar-refractivity contribution in [3.63, 3.8) is 0 Å². The lowest BCUT2D eigenvalue weighted by molar-refractivity contribution is 0.427. The van der Waals surface area contributed by atoms with E-state index >= 15 is 0 Å². The molecule has 0 aromatic carbocycles. The predicted octanol–water partition coefficient (Wildman–Crippen LogP) is 1.36. The number of aryl methyl sites for hydroxylation is 1. The van der Waals surface area contributed by atoms with Gasteiger partial charge < -0.3 is 5.32 Å². The van der Waals surface area contributed by atoms with Gasteiger partial charge in [-0.25, -0.2) is 4.98 Å². The smallest absolute Gasteiger partial charge is 0.163 e. The van der Waals surface area contributed by atoms with Crippen LogP contribution in [0.1, 0.15) is 32.3 Å². The van der Waals surface area contributed by atoms with Gasteiger partial charge in [0.25, 0.3) is 0 Å². The second-order valence-electron chi connectivity index (χ2n) is 5.30. The summed E-state index contributed by atoms with van der Waals surface area (Å²) in [4.78, 5) is 4.26. The minimum absolute atomic E-state index is 0.134. The van der Waals surface area contributed by atoms with E-state index in [4.69, 9.17) is 0 Å². The molecule has 0 saturated carbocycles. The van der Waals surface area contributed by atoms with Gasteiger partial charge in [-0.05, 0) is 27.7 Å². The highest BCUT2D eigenvalue weighted by atomic mass is 15.3. The van der Waals surface area contributed by atoms with Gasteiger partial charge in [-0.15, -0.1) is 10.2 Å². The first kappa shape index (κ1) is 12.0. The maximum atomic E-state index is 4.26. The van der Waals surface area contributed by atoms with Crippen molar-refractivity contribution in [1.82, 2.24) is 24.9 Å². The van der Waals surface area contributed by atoms with E-state index in [-0.39, 0.29) is 5.54 Å². The molecule has 0 aliphatic heterocycles. The highest BCUT2D eigenvalue weighted by molar-refractivity contribution is 5.37. The molecule has 1 N–H and O–H groups in total. The van der Waals surface area contributed by atoms with Crippen molar-refractivity contribution in [1.29, 1.82) is 0 Å². The molecule has 0 bridgehead atoms. The van der Waals surface area contributed by atoms with E-state index in [1.165, 1.54) is 0 Å². The van der Waals surface area contributed by atoms with E-state index in [0.29, 0.717) is 0 Å². The molecule has 0 aliphatic rings. The van der Waals surface area contributed by atoms with Crippen LogP contribution in [0.15, 0.2) is 12.4 Å². The largest absolute Gasteiger partial charge is 0.312 e. The lowest BCUT2D eigenvalue weighted by Crippen LogP contribution is -2.37. The fourth-order valence-corrected chi connectivity index (χ4v) is 1.65. The highest BCUT2D eigenvalue weighted by Crippen LogP contribution is 2.05. The monoisotopic (exact) mass is 233 g/mol. The first-order chi connectivity index (χ1) is 7.96. The molecule has 0 radical (unpaired) electrons. The zero-order valence-corrected chi connectivity index (χ0v) is 10.9. The number of aromatic nitrogens is 4. The van der Waals surface area contributed by atoms with Crippen LogP contribution in [0.2, 0.25) is 0 Å². The zero-order valence-electron chi connectivity index (χ0n) is 10.9. The topological polar surface area (TPSA) is 55.1 Å². The fraction of sp³-hybridized carbons (Fsp3) is 0.583. The van der Waals surface area contributed by atoms with Crippen molar-refractivity contribution in [2.45, 2.75) is 39.7 Å². The third-order valence-electron chi connectivity index (χ3n) is 2.51. The summed E-state index contributed by atoms with van der Waals surface area (Å²) >= 11 is 0. The van der Waals surface area contributed by atoms with Gasteiger partial charge in [0.2, 0.25) is 0 Å². The second kappa shape index (κ2) is 4.41. The average Bonchev–Trinajstić information content (AvgIpc) is 2.59. The number of hydrogen-bond acceptors (Lipinski definition) is 4. The Morgan fingerprint density at radius 1 is 1.29 bits per heavy atom. The molecular weight excluding hydrogens is 214 g/mol. The summed E-state index contributed by atoms with van der Waals surface area (Å²) in [6.45, 7) is 9.30. The van der Waals surface area contributed by atoms with Crippen LogP contribution < -0.4 is 5.32 Å². The Morgan fingerprint density at radius 3 is 2.76 bits per heavy atom. The van der Waals surface area contributed by atoms with Crippen molar-refractivity contribution < 1.29 is 0 Å². The van der Waals surface area contributed by atoms with Gasteiger partial charge in [-0.1, -0.05) is 0 Å². The number of nitrogens with one attached hydrogen (secondary N) is 1. The number of rotatable bonds is 3. The molecule has 0 fully saturated rings. The summed E-state index contributed by atoms with van der Waals surface area (Å²) < 4.78 is 1.94. The van der Waals surface area contributed by atoms with Crippen LogP contribution in [0.3, 0.4) is 0 Å². The molecular formula is C12H19N5. The first-order valence-electron chi connectivity index (χ1n) is 5.87. The number of fused-ring (bicyclic) bond motifs is 1. The summed E-state index contributed by atoms with van der Waals surface area (Å²) in [6.07, 6.45) is 2.64. The van der Waals surface area contributed by atoms with Gasteiger partial charge in [0.1, 0.15) is 12.2 Å². The third-order valence-corrected chi connectivity index (χ3v) is 2.51. The van der Waals surface area contributed by atoms with E-state index in [9.17, 15) is 0 Å². The van der Waals surface area contributed by atoms with Crippen LogP contribution in [0.5, 0.6) is 0 Å². The number of hydrogen-bond donors (Lipinski definition) is 1. The lowest BCUT2D eigenvalue weighted by Gasteiger charge is -2.19. The van der Waals surface area contributed by atoms with E-state index in [1.54, 1.807) is 6.33 Å². The quantitative estimate of drug-likeness (QED) is 0.869. The summed E-state index contributed by atoms with van der Waals surface area (Å²) in [5.74, 6) is 0.948. The predicted molar refractivity (Wildman–Crippen MR) is 67.0 cm³/mol. The standard InChI is InChI=1S/C12H19N5/c1-9-7-11-16-15-10(17(11)8-13-9)5-6-14-12(2,3)4/h7-8,14H,5-6H2,1-4H3. The van der Waals surface area contributed by atoms with Gasteiger partial charge >= 0.3 is 0 Å². The van der Waals surface area contributed by atoms with Crippen LogP contribution in [0, 0.1) is 6.92 Å². The van der Waals surface area contributed by atoms with Crippen molar-refractivity contribution in [3.05, 3.63) is 23.9 Å². The molecule has 17 heavy (non-hydrogen) atoms. The molecule has 2 aromatic rings. The Kier molecular flexibility index (Phi) is 3.11. The maximum Gasteiger partial charge on any atom is 0.163 e. The third kappa shape index (κ3) is 3.00. The minimum atomic E-state index is 0.134. The molecule has 0 saturated heterocycles. The molecule has 0 unspecified atom stereocenters. The Balaban J connectivity index is 2.09. The van der Waals surface area contributed by atoms with E-state index < -0.39 is 0 Å². The van der Waals surface area contributed by atoms with Gasteiger partial charge in [-0.3, -0.25) is 4.40 Å². The van der Waals surface area contributed by atoms with Gasteiger partial charge in [-0.2, -0.15) is 0 Å². The molecule has 5 nitrogen and oxygen atoms in total. The molecule has 92 valence electrons. The minimum Gasteiger partial charge on any atom is -0.312 e. The summed E-state index contributed by atoms with van der Waals surface area (Å²) in [7, 11) is 0. The van der Waals surface area contributed by atoms with E-state index in [1.807, 2.05) is 17.4 Å². The maximum absolute atomic E-state index is 4.26. The van der Waals surface area contributed by atoms with Crippen LogP contribution in [0.4, 0.5) is 0 Å². The van der Waals surface area contributed by atoms with Gasteiger partial charge in [0.15, 0.2) is 5.65 Å². The Hall–Kier alpha value is -1.49. The highest BCUT2D eigenvalue weighted by Gasteiger charge is 2.10. The van der Waals surface area contributed by atoms with Crippen molar-refractivity contribution in [3.8, 4) is 0 Å². The molecule has 2 aromatic heterocycles. The Bertz CT molecular complexity index is 509. The molecule has 5 heteroatoms. The molecule has 0 atom stereocenters. The Morgan fingerprint density at radius 2 is 2.06 bits per heavy atom. The average molecular weight is 233 g/mol. The summed E-state index contributed by atoms with van der Waals surface area (Å²) in [6, 6.07) is 1.94. The van der Waals surface area contributed by atoms with Gasteiger partial charge in [0.05, 0.1) is 0 Å². The Labute approximate surface area is 101 Å². The molecule has 2 rings (SSSR count). The summed E-state index contributed by atoms with van der Waals surface area (Å²) in [5, 5.41) is 11.8. The zero-order chi connectivity index (χ0) is 12.5. The summed E-state index contributed by atoms with van der Waals surface area (Å²) in [5.41, 5.74) is 1.96. The van der Waals surface area contributed by atoms with Crippen LogP contribution in [0.25, 0.3) is 5.65 Å². The van der Waals surface area contributed by atoms with Crippen LogP contribution in [-0.2, 0) is 6.42 Å². The molecule has 0 aliphatic carbocycles. The SMILES string of the molecule is Cc1cc2nnc(CCNC(C)(C)C)n2cn1. The first-order valence-corrected chi connectivity index (χ1v) is 5.87. The second-order valence-corrected chi connectivity index (χ2v) is 5.30. The lowest BCUT2D eigenvalue weighted by atomic mass is 10.1.